The predicted molar refractivity (Wildman–Crippen MR) is 76.4 cm³/mol. The number of carbonyl (C=O) groups is 1. The number of nitrogens with zero attached hydrogens (tertiary/aromatic N) is 1. The normalized spacial score (nSPS) is 21.3. The molecule has 1 heterocycles. The maximum Gasteiger partial charge on any atom is 0.328 e. The van der Waals surface area contributed by atoms with Crippen molar-refractivity contribution in [2.24, 2.45) is 0 Å². The van der Waals surface area contributed by atoms with Gasteiger partial charge in [0.2, 0.25) is 0 Å². The molecule has 0 bridgehead atoms. The van der Waals surface area contributed by atoms with Crippen LogP contribution in [0.15, 0.2) is 18.2 Å². The molecule has 0 radical (unpaired) electrons. The van der Waals surface area contributed by atoms with E-state index >= 15 is 0 Å². The number of urea groups is 1. The highest BCUT2D eigenvalue weighted by Crippen LogP contribution is 2.38. The van der Waals surface area contributed by atoms with Crippen molar-refractivity contribution in [1.29, 1.82) is 5.41 Å². The Morgan fingerprint density at radius 3 is 2.53 bits per heavy atom. The fraction of sp³-hybridized carbons (Fsp3) is 0.385. The van der Waals surface area contributed by atoms with Crippen LogP contribution in [0.5, 0.6) is 0 Å². The van der Waals surface area contributed by atoms with E-state index in [0.29, 0.717) is 21.6 Å². The van der Waals surface area contributed by atoms with Crippen molar-refractivity contribution in [2.45, 2.75) is 31.2 Å². The zero-order valence-corrected chi connectivity index (χ0v) is 11.7. The van der Waals surface area contributed by atoms with Crippen LogP contribution in [-0.4, -0.2) is 17.4 Å². The van der Waals surface area contributed by atoms with Crippen LogP contribution in [0, 0.1) is 5.41 Å². The van der Waals surface area contributed by atoms with Crippen molar-refractivity contribution < 1.29 is 4.79 Å². The second kappa shape index (κ2) is 4.39. The number of nitrogens with one attached hydrogen (secondary N) is 2. The molecular weight excluding hydrogens is 285 g/mol. The van der Waals surface area contributed by atoms with Crippen LogP contribution in [0.3, 0.4) is 0 Å². The minimum absolute atomic E-state index is 0.259. The number of hydrogen-bond acceptors (Lipinski definition) is 2. The van der Waals surface area contributed by atoms with Gasteiger partial charge in [0.1, 0.15) is 5.84 Å². The first-order valence-corrected chi connectivity index (χ1v) is 6.95. The van der Waals surface area contributed by atoms with Gasteiger partial charge in [0.25, 0.3) is 0 Å². The molecule has 1 saturated carbocycles. The van der Waals surface area contributed by atoms with Gasteiger partial charge >= 0.3 is 6.03 Å². The zero-order valence-electron chi connectivity index (χ0n) is 10.2. The van der Waals surface area contributed by atoms with Gasteiger partial charge in [-0.1, -0.05) is 36.0 Å². The van der Waals surface area contributed by atoms with Crippen LogP contribution in [-0.2, 0) is 0 Å². The third kappa shape index (κ3) is 1.90. The summed E-state index contributed by atoms with van der Waals surface area (Å²) in [6, 6.07) is 4.70. The molecule has 3 rings (SSSR count). The van der Waals surface area contributed by atoms with E-state index in [1.807, 2.05) is 0 Å². The molecule has 1 aromatic rings. The molecule has 100 valence electrons. The van der Waals surface area contributed by atoms with Gasteiger partial charge in [-0.05, 0) is 31.0 Å². The summed E-state index contributed by atoms with van der Waals surface area (Å²) in [7, 11) is 0. The summed E-state index contributed by atoms with van der Waals surface area (Å²) < 4.78 is 0. The van der Waals surface area contributed by atoms with Crippen LogP contribution < -0.4 is 10.2 Å². The van der Waals surface area contributed by atoms with Crippen molar-refractivity contribution >= 4 is 40.8 Å². The second-order valence-corrected chi connectivity index (χ2v) is 5.82. The van der Waals surface area contributed by atoms with Crippen LogP contribution in [0.1, 0.15) is 25.7 Å². The number of carbonyl (C=O) groups excluding carboxylic acids is 1. The summed E-state index contributed by atoms with van der Waals surface area (Å²) in [5.41, 5.74) is 0.101. The fourth-order valence-electron chi connectivity index (χ4n) is 2.85. The Hall–Kier alpha value is -1.26. The highest BCUT2D eigenvalue weighted by atomic mass is 35.5. The summed E-state index contributed by atoms with van der Waals surface area (Å²) >= 11 is 11.9. The molecule has 2 aliphatic rings. The molecule has 2 N–H and O–H groups in total. The van der Waals surface area contributed by atoms with Crippen LogP contribution >= 0.6 is 23.2 Å². The Kier molecular flexibility index (Phi) is 2.95. The first kappa shape index (κ1) is 12.8. The number of amides is 2. The van der Waals surface area contributed by atoms with E-state index in [1.165, 1.54) is 4.90 Å². The van der Waals surface area contributed by atoms with Crippen LogP contribution in [0.25, 0.3) is 0 Å². The first-order valence-electron chi connectivity index (χ1n) is 6.20. The highest BCUT2D eigenvalue weighted by Gasteiger charge is 2.50. The van der Waals surface area contributed by atoms with Gasteiger partial charge in [-0.15, -0.1) is 0 Å². The number of hydrogen-bond donors (Lipinski definition) is 2. The molecule has 6 heteroatoms. The van der Waals surface area contributed by atoms with E-state index in [0.717, 1.165) is 25.7 Å². The number of halogens is 2. The summed E-state index contributed by atoms with van der Waals surface area (Å²) in [6.45, 7) is 0. The Balaban J connectivity index is 1.98. The molecule has 1 spiro atoms. The van der Waals surface area contributed by atoms with E-state index in [2.05, 4.69) is 5.32 Å². The van der Waals surface area contributed by atoms with Gasteiger partial charge in [-0.3, -0.25) is 5.41 Å². The van der Waals surface area contributed by atoms with Crippen molar-refractivity contribution in [2.75, 3.05) is 4.90 Å². The lowest BCUT2D eigenvalue weighted by Crippen LogP contribution is -2.43. The molecule has 1 aromatic carbocycles. The molecule has 0 aromatic heterocycles. The molecule has 1 saturated heterocycles. The molecule has 2 amide bonds. The SMILES string of the molecule is N=C1N(c2ccc(Cl)c(Cl)c2)C(=O)NC12CCCC2. The van der Waals surface area contributed by atoms with Crippen LogP contribution in [0.4, 0.5) is 10.5 Å². The number of anilines is 1. The molecule has 1 aliphatic carbocycles. The Labute approximate surface area is 121 Å². The number of rotatable bonds is 1. The average molecular weight is 298 g/mol. The molecule has 2 fully saturated rings. The molecular formula is C13H13Cl2N3O. The second-order valence-electron chi connectivity index (χ2n) is 5.00. The highest BCUT2D eigenvalue weighted by molar-refractivity contribution is 6.42. The molecule has 0 atom stereocenters. The van der Waals surface area contributed by atoms with Gasteiger partial charge in [0.05, 0.1) is 21.3 Å². The molecule has 1 aliphatic heterocycles. The van der Waals surface area contributed by atoms with E-state index in [4.69, 9.17) is 28.6 Å². The van der Waals surface area contributed by atoms with Gasteiger partial charge in [0, 0.05) is 0 Å². The monoisotopic (exact) mass is 297 g/mol. The minimum Gasteiger partial charge on any atom is -0.325 e. The average Bonchev–Trinajstić information content (AvgIpc) is 2.91. The molecule has 4 nitrogen and oxygen atoms in total. The lowest BCUT2D eigenvalue weighted by Gasteiger charge is -2.23. The summed E-state index contributed by atoms with van der Waals surface area (Å²) in [5, 5.41) is 12.1. The predicted octanol–water partition coefficient (Wildman–Crippen LogP) is 3.81. The van der Waals surface area contributed by atoms with Crippen molar-refractivity contribution in [3.8, 4) is 0 Å². The lowest BCUT2D eigenvalue weighted by atomic mass is 9.97. The van der Waals surface area contributed by atoms with Crippen molar-refractivity contribution in [3.63, 3.8) is 0 Å². The third-order valence-corrected chi connectivity index (χ3v) is 4.58. The molecule has 0 unspecified atom stereocenters. The first-order chi connectivity index (χ1) is 9.03. The van der Waals surface area contributed by atoms with E-state index in [9.17, 15) is 4.79 Å². The number of benzene rings is 1. The van der Waals surface area contributed by atoms with Gasteiger partial charge in [-0.2, -0.15) is 0 Å². The standard InChI is InChI=1S/C13H13Cl2N3O/c14-9-4-3-8(7-10(9)15)18-11(16)13(17-12(18)19)5-1-2-6-13/h3-4,7,16H,1-2,5-6H2,(H,17,19). The zero-order chi connectivity index (χ0) is 13.6. The maximum atomic E-state index is 12.1. The van der Waals surface area contributed by atoms with E-state index in [1.54, 1.807) is 18.2 Å². The Morgan fingerprint density at radius 1 is 1.21 bits per heavy atom. The summed E-state index contributed by atoms with van der Waals surface area (Å²) in [6.07, 6.45) is 3.74. The lowest BCUT2D eigenvalue weighted by molar-refractivity contribution is 0.247. The van der Waals surface area contributed by atoms with Gasteiger partial charge in [0.15, 0.2) is 0 Å². The van der Waals surface area contributed by atoms with E-state index < -0.39 is 5.54 Å². The Bertz CT molecular complexity index is 567. The van der Waals surface area contributed by atoms with Crippen molar-refractivity contribution in [1.82, 2.24) is 5.32 Å². The summed E-state index contributed by atoms with van der Waals surface area (Å²) in [5.74, 6) is 0.313. The van der Waals surface area contributed by atoms with Crippen LogP contribution in [0.2, 0.25) is 10.0 Å². The third-order valence-electron chi connectivity index (χ3n) is 3.84. The van der Waals surface area contributed by atoms with Gasteiger partial charge < -0.3 is 5.32 Å². The summed E-state index contributed by atoms with van der Waals surface area (Å²) in [4.78, 5) is 13.5. The Morgan fingerprint density at radius 2 is 1.89 bits per heavy atom. The smallest absolute Gasteiger partial charge is 0.325 e. The molecule has 19 heavy (non-hydrogen) atoms. The topological polar surface area (TPSA) is 56.2 Å². The largest absolute Gasteiger partial charge is 0.328 e. The van der Waals surface area contributed by atoms with Gasteiger partial charge in [-0.25, -0.2) is 9.69 Å². The minimum atomic E-state index is -0.483. The number of amidine groups is 1. The van der Waals surface area contributed by atoms with Crippen molar-refractivity contribution in [3.05, 3.63) is 28.2 Å². The van der Waals surface area contributed by atoms with E-state index in [-0.39, 0.29) is 6.03 Å². The fourth-order valence-corrected chi connectivity index (χ4v) is 3.14. The quantitative estimate of drug-likeness (QED) is 0.813. The maximum absolute atomic E-state index is 12.1.